The molecule has 0 saturated heterocycles. The van der Waals surface area contributed by atoms with Gasteiger partial charge in [0.25, 0.3) is 0 Å². The second-order valence-electron chi connectivity index (χ2n) is 3.92. The van der Waals surface area contributed by atoms with E-state index in [1.54, 1.807) is 11.8 Å². The fraction of sp³-hybridized carbons (Fsp3) is 0.462. The van der Waals surface area contributed by atoms with Gasteiger partial charge < -0.3 is 5.11 Å². The molecule has 1 aromatic carbocycles. The molecule has 3 heteroatoms. The molecule has 86 valence electrons. The van der Waals surface area contributed by atoms with Gasteiger partial charge in [-0.15, -0.1) is 0 Å². The number of hydrogen-bond acceptors (Lipinski definition) is 3. The molecule has 0 fully saturated rings. The molecule has 0 saturated carbocycles. The van der Waals surface area contributed by atoms with Crippen molar-refractivity contribution in [2.24, 2.45) is 5.92 Å². The summed E-state index contributed by atoms with van der Waals surface area (Å²) in [4.78, 5) is 0. The first-order valence-corrected chi connectivity index (χ1v) is 6.56. The van der Waals surface area contributed by atoms with Gasteiger partial charge in [0.15, 0.2) is 0 Å². The molecular weight excluding hydrogens is 218 g/mol. The Bertz CT molecular complexity index is 334. The summed E-state index contributed by atoms with van der Waals surface area (Å²) in [6.45, 7) is 2.23. The molecule has 0 aliphatic rings. The zero-order valence-electron chi connectivity index (χ0n) is 9.47. The van der Waals surface area contributed by atoms with Crippen LogP contribution in [0.15, 0.2) is 30.3 Å². The first kappa shape index (κ1) is 13.1. The van der Waals surface area contributed by atoms with E-state index in [0.717, 1.165) is 17.1 Å². The Hall–Kier alpha value is -0.980. The van der Waals surface area contributed by atoms with E-state index in [-0.39, 0.29) is 12.5 Å². The zero-order valence-corrected chi connectivity index (χ0v) is 10.3. The molecule has 0 bridgehead atoms. The molecule has 1 aromatic rings. The van der Waals surface area contributed by atoms with Crippen LogP contribution in [0.3, 0.4) is 0 Å². The molecule has 0 amide bonds. The fourth-order valence-electron chi connectivity index (χ4n) is 1.33. The lowest BCUT2D eigenvalue weighted by Gasteiger charge is -2.11. The lowest BCUT2D eigenvalue weighted by Crippen LogP contribution is -2.06. The monoisotopic (exact) mass is 235 g/mol. The number of nitriles is 1. The number of nitrogens with zero attached hydrogens (tertiary/aromatic N) is 1. The van der Waals surface area contributed by atoms with Crippen molar-refractivity contribution >= 4 is 11.8 Å². The van der Waals surface area contributed by atoms with Crippen molar-refractivity contribution in [1.82, 2.24) is 0 Å². The van der Waals surface area contributed by atoms with Crippen LogP contribution >= 0.6 is 11.8 Å². The van der Waals surface area contributed by atoms with Crippen molar-refractivity contribution in [2.45, 2.75) is 12.8 Å². The summed E-state index contributed by atoms with van der Waals surface area (Å²) in [7, 11) is 0. The molecule has 0 aliphatic carbocycles. The number of hydrogen-bond donors (Lipinski definition) is 1. The van der Waals surface area contributed by atoms with E-state index >= 15 is 0 Å². The standard InChI is InChI=1S/C13H17NOS/c1-11(8-15)9-16-10-13(7-14)12-5-3-2-4-6-12/h2-6,11,13,15H,8-10H2,1H3. The van der Waals surface area contributed by atoms with E-state index in [2.05, 4.69) is 6.07 Å². The summed E-state index contributed by atoms with van der Waals surface area (Å²) in [5.74, 6) is 1.96. The first-order valence-electron chi connectivity index (χ1n) is 5.41. The van der Waals surface area contributed by atoms with Crippen molar-refractivity contribution in [3.8, 4) is 6.07 Å². The van der Waals surface area contributed by atoms with Gasteiger partial charge in [-0.05, 0) is 17.2 Å². The Morgan fingerprint density at radius 3 is 2.56 bits per heavy atom. The molecule has 2 atom stereocenters. The van der Waals surface area contributed by atoms with Crippen molar-refractivity contribution in [2.75, 3.05) is 18.1 Å². The van der Waals surface area contributed by atoms with Crippen LogP contribution in [0.2, 0.25) is 0 Å². The second kappa shape index (κ2) is 7.32. The van der Waals surface area contributed by atoms with Gasteiger partial charge >= 0.3 is 0 Å². The van der Waals surface area contributed by atoms with Crippen LogP contribution in [-0.2, 0) is 0 Å². The average Bonchev–Trinajstić information content (AvgIpc) is 2.35. The number of benzene rings is 1. The Kier molecular flexibility index (Phi) is 5.99. The molecule has 1 N–H and O–H groups in total. The minimum absolute atomic E-state index is 0.0444. The minimum Gasteiger partial charge on any atom is -0.396 e. The van der Waals surface area contributed by atoms with Gasteiger partial charge in [-0.3, -0.25) is 0 Å². The van der Waals surface area contributed by atoms with Crippen LogP contribution < -0.4 is 0 Å². The summed E-state index contributed by atoms with van der Waals surface area (Å²) >= 11 is 1.73. The third kappa shape index (κ3) is 4.26. The van der Waals surface area contributed by atoms with E-state index in [4.69, 9.17) is 10.4 Å². The molecule has 2 nitrogen and oxygen atoms in total. The Labute approximate surface area is 101 Å². The Balaban J connectivity index is 2.42. The predicted molar refractivity (Wildman–Crippen MR) is 68.4 cm³/mol. The van der Waals surface area contributed by atoms with Crippen molar-refractivity contribution in [3.05, 3.63) is 35.9 Å². The predicted octanol–water partition coefficient (Wildman–Crippen LogP) is 2.66. The maximum absolute atomic E-state index is 9.09. The van der Waals surface area contributed by atoms with Crippen LogP contribution in [0.5, 0.6) is 0 Å². The van der Waals surface area contributed by atoms with Crippen LogP contribution in [0.25, 0.3) is 0 Å². The molecule has 0 radical (unpaired) electrons. The highest BCUT2D eigenvalue weighted by molar-refractivity contribution is 7.99. The number of thioether (sulfide) groups is 1. The molecular formula is C13H17NOS. The second-order valence-corrected chi connectivity index (χ2v) is 4.99. The lowest BCUT2D eigenvalue weighted by atomic mass is 10.0. The van der Waals surface area contributed by atoms with E-state index in [1.165, 1.54) is 0 Å². The molecule has 0 aliphatic heterocycles. The summed E-state index contributed by atoms with van der Waals surface area (Å²) < 4.78 is 0. The Morgan fingerprint density at radius 1 is 1.31 bits per heavy atom. The largest absolute Gasteiger partial charge is 0.396 e. The maximum Gasteiger partial charge on any atom is 0.0803 e. The van der Waals surface area contributed by atoms with E-state index in [1.807, 2.05) is 37.3 Å². The van der Waals surface area contributed by atoms with E-state index in [9.17, 15) is 0 Å². The normalized spacial score (nSPS) is 14.1. The number of aliphatic hydroxyl groups is 1. The van der Waals surface area contributed by atoms with Crippen LogP contribution in [0.1, 0.15) is 18.4 Å². The van der Waals surface area contributed by atoms with Gasteiger partial charge in [0.2, 0.25) is 0 Å². The molecule has 0 aromatic heterocycles. The summed E-state index contributed by atoms with van der Waals surface area (Å²) in [5.41, 5.74) is 1.08. The number of rotatable bonds is 6. The van der Waals surface area contributed by atoms with Gasteiger partial charge in [-0.2, -0.15) is 17.0 Å². The van der Waals surface area contributed by atoms with Crippen LogP contribution in [0, 0.1) is 17.2 Å². The third-order valence-corrected chi connectivity index (χ3v) is 3.73. The van der Waals surface area contributed by atoms with Crippen LogP contribution in [0.4, 0.5) is 0 Å². The van der Waals surface area contributed by atoms with Gasteiger partial charge in [0.1, 0.15) is 0 Å². The zero-order chi connectivity index (χ0) is 11.8. The first-order chi connectivity index (χ1) is 7.77. The summed E-state index contributed by atoms with van der Waals surface area (Å²) in [5, 5.41) is 18.0. The summed E-state index contributed by atoms with van der Waals surface area (Å²) in [6, 6.07) is 12.2. The minimum atomic E-state index is -0.0444. The molecule has 0 heterocycles. The highest BCUT2D eigenvalue weighted by atomic mass is 32.2. The van der Waals surface area contributed by atoms with Gasteiger partial charge in [-0.25, -0.2) is 0 Å². The average molecular weight is 235 g/mol. The smallest absolute Gasteiger partial charge is 0.0803 e. The molecule has 0 spiro atoms. The third-order valence-electron chi connectivity index (χ3n) is 2.36. The van der Waals surface area contributed by atoms with Gasteiger partial charge in [0, 0.05) is 12.4 Å². The lowest BCUT2D eigenvalue weighted by molar-refractivity contribution is 0.250. The molecule has 2 unspecified atom stereocenters. The Morgan fingerprint density at radius 2 is 2.00 bits per heavy atom. The molecule has 16 heavy (non-hydrogen) atoms. The number of aliphatic hydroxyl groups excluding tert-OH is 1. The summed E-state index contributed by atoms with van der Waals surface area (Å²) in [6.07, 6.45) is 0. The van der Waals surface area contributed by atoms with Crippen molar-refractivity contribution in [3.63, 3.8) is 0 Å². The van der Waals surface area contributed by atoms with Crippen molar-refractivity contribution < 1.29 is 5.11 Å². The highest BCUT2D eigenvalue weighted by Crippen LogP contribution is 2.21. The maximum atomic E-state index is 9.09. The van der Waals surface area contributed by atoms with E-state index in [0.29, 0.717) is 5.92 Å². The van der Waals surface area contributed by atoms with Crippen LogP contribution in [-0.4, -0.2) is 23.2 Å². The van der Waals surface area contributed by atoms with Crippen molar-refractivity contribution in [1.29, 1.82) is 5.26 Å². The van der Waals surface area contributed by atoms with Gasteiger partial charge in [0.05, 0.1) is 12.0 Å². The van der Waals surface area contributed by atoms with E-state index < -0.39 is 0 Å². The topological polar surface area (TPSA) is 44.0 Å². The highest BCUT2D eigenvalue weighted by Gasteiger charge is 2.10. The van der Waals surface area contributed by atoms with Gasteiger partial charge in [-0.1, -0.05) is 37.3 Å². The fourth-order valence-corrected chi connectivity index (χ4v) is 2.48. The molecule has 1 rings (SSSR count). The quantitative estimate of drug-likeness (QED) is 0.824. The SMILES string of the molecule is CC(CO)CSCC(C#N)c1ccccc1.